The smallest absolute Gasteiger partial charge is 0.0711 e. The van der Waals surface area contributed by atoms with Crippen LogP contribution < -0.4 is 5.73 Å². The van der Waals surface area contributed by atoms with Crippen molar-refractivity contribution in [3.05, 3.63) is 0 Å². The van der Waals surface area contributed by atoms with E-state index in [0.717, 1.165) is 6.54 Å². The lowest BCUT2D eigenvalue weighted by Gasteiger charge is -2.15. The van der Waals surface area contributed by atoms with Crippen LogP contribution in [-0.2, 0) is 12.6 Å². The quantitative estimate of drug-likeness (QED) is 0.393. The maximum atomic E-state index is 4.56. The van der Waals surface area contributed by atoms with Crippen LogP contribution in [0.3, 0.4) is 0 Å². The summed E-state index contributed by atoms with van der Waals surface area (Å²) in [6.07, 6.45) is 0. The Morgan fingerprint density at radius 3 is 1.78 bits per heavy atom. The van der Waals surface area contributed by atoms with Crippen LogP contribution in [0.15, 0.2) is 0 Å². The molecule has 0 rings (SSSR count). The van der Waals surface area contributed by atoms with E-state index in [0.29, 0.717) is 4.32 Å². The van der Waals surface area contributed by atoms with E-state index in [1.165, 1.54) is 0 Å². The van der Waals surface area contributed by atoms with Crippen molar-refractivity contribution >= 4 is 29.2 Å². The number of thiocarbonyl (C=S) groups is 1. The largest absolute Gasteiger partial charge is 0.411 e. The molecule has 0 atom stereocenters. The van der Waals surface area contributed by atoms with E-state index in [9.17, 15) is 0 Å². The van der Waals surface area contributed by atoms with Gasteiger partial charge in [-0.05, 0) is 6.92 Å². The molecule has 9 heavy (non-hydrogen) atoms. The Labute approximate surface area is 67.8 Å². The van der Waals surface area contributed by atoms with Gasteiger partial charge in [-0.3, -0.25) is 0 Å². The summed E-state index contributed by atoms with van der Waals surface area (Å²) in [7, 11) is 3.66. The number of hydrogen-bond donors (Lipinski definition) is 1. The minimum Gasteiger partial charge on any atom is -0.411 e. The first-order valence-corrected chi connectivity index (χ1v) is 3.55. The van der Waals surface area contributed by atoms with E-state index in [1.807, 2.05) is 21.0 Å². The summed E-state index contributed by atoms with van der Waals surface area (Å²) in [5.74, 6) is 0. The Morgan fingerprint density at radius 1 is 1.67 bits per heavy atom. The van der Waals surface area contributed by atoms with Gasteiger partial charge in [0.15, 0.2) is 0 Å². The van der Waals surface area contributed by atoms with Gasteiger partial charge in [0, 0.05) is 14.1 Å². The summed E-state index contributed by atoms with van der Waals surface area (Å²) in [6.45, 7) is 3.01. The summed E-state index contributed by atoms with van der Waals surface area (Å²) < 4.78 is 0.509. The molecule has 0 bridgehead atoms. The van der Waals surface area contributed by atoms with Gasteiger partial charge in [-0.25, -0.2) is 0 Å². The zero-order chi connectivity index (χ0) is 7.86. The second-order valence-corrected chi connectivity index (χ2v) is 2.69. The van der Waals surface area contributed by atoms with E-state index in [2.05, 4.69) is 30.6 Å². The van der Waals surface area contributed by atoms with E-state index in [-0.39, 0.29) is 0 Å². The lowest BCUT2D eigenvalue weighted by Crippen LogP contribution is -2.48. The normalized spacial score (nSPS) is 7.11. The van der Waals surface area contributed by atoms with Gasteiger partial charge in [0.25, 0.3) is 0 Å². The first kappa shape index (κ1) is 11.8. The summed E-state index contributed by atoms with van der Waals surface area (Å²) >= 11 is 9.12. The molecule has 56 valence electrons. The first-order chi connectivity index (χ1) is 4.06. The van der Waals surface area contributed by atoms with Crippen LogP contribution >= 0.6 is 12.2 Å². The molecule has 0 aromatic heterocycles. The van der Waals surface area contributed by atoms with Crippen molar-refractivity contribution in [1.82, 2.24) is 4.90 Å². The number of hydrogen-bond acceptors (Lipinski definition) is 2. The zero-order valence-electron chi connectivity index (χ0n) is 6.18. The monoisotopic (exact) mass is 166 g/mol. The summed E-state index contributed by atoms with van der Waals surface area (Å²) in [4.78, 5) is 1.71. The van der Waals surface area contributed by atoms with Crippen molar-refractivity contribution in [1.29, 1.82) is 0 Å². The van der Waals surface area contributed by atoms with Crippen molar-refractivity contribution in [2.24, 2.45) is 0 Å². The van der Waals surface area contributed by atoms with Crippen molar-refractivity contribution in [2.75, 3.05) is 20.6 Å². The molecule has 0 heterocycles. The summed E-state index contributed by atoms with van der Waals surface area (Å²) in [5.41, 5.74) is 3.49. The van der Waals surface area contributed by atoms with Gasteiger partial charge in [-0.2, -0.15) is 0 Å². The third-order valence-electron chi connectivity index (χ3n) is 0.365. The summed E-state index contributed by atoms with van der Waals surface area (Å²) in [6, 6.07) is 0. The molecular weight excluding hydrogens is 152 g/mol. The third kappa shape index (κ3) is 17.9. The topological polar surface area (TPSA) is 30.9 Å². The Kier molecular flexibility index (Phi) is 10.6. The van der Waals surface area contributed by atoms with Gasteiger partial charge in [0.1, 0.15) is 0 Å². The standard InChI is InChI=1S/C3H7NS2.C2H7N/c1-4(2)3(5)6;1-2-3/h1-2H3,(H,5,6);2-3H2,1H3. The van der Waals surface area contributed by atoms with Crippen LogP contribution in [-0.4, -0.2) is 29.9 Å². The Hall–Kier alpha value is 0.0700. The highest BCUT2D eigenvalue weighted by atomic mass is 32.1. The van der Waals surface area contributed by atoms with Crippen LogP contribution in [0.4, 0.5) is 0 Å². The molecule has 0 aromatic rings. The minimum absolute atomic E-state index is 0.509. The third-order valence-corrected chi connectivity index (χ3v) is 1.10. The number of quaternary nitrogens is 1. The molecule has 2 nitrogen and oxygen atoms in total. The molecule has 0 unspecified atom stereocenters. The second kappa shape index (κ2) is 8.07. The van der Waals surface area contributed by atoms with Gasteiger partial charge >= 0.3 is 0 Å². The number of rotatable bonds is 0. The maximum Gasteiger partial charge on any atom is 0.0711 e. The molecule has 0 spiro atoms. The van der Waals surface area contributed by atoms with Crippen molar-refractivity contribution < 1.29 is 5.73 Å². The van der Waals surface area contributed by atoms with Gasteiger partial charge in [-0.1, -0.05) is 4.32 Å². The minimum atomic E-state index is 0.509. The SMILES string of the molecule is CC[NH3+].CN(C)C(=S)[S-]. The molecule has 0 aliphatic rings. The highest BCUT2D eigenvalue weighted by Crippen LogP contribution is 1.74. The molecule has 0 saturated heterocycles. The second-order valence-electron chi connectivity index (χ2n) is 1.66. The molecule has 0 aliphatic heterocycles. The number of nitrogens with zero attached hydrogens (tertiary/aromatic N) is 1. The Bertz CT molecular complexity index is 73.4. The molecule has 0 fully saturated rings. The summed E-state index contributed by atoms with van der Waals surface area (Å²) in [5, 5.41) is 0. The fourth-order valence-electron chi connectivity index (χ4n) is 0. The predicted molar refractivity (Wildman–Crippen MR) is 47.1 cm³/mol. The Morgan fingerprint density at radius 2 is 1.78 bits per heavy atom. The highest BCUT2D eigenvalue weighted by Gasteiger charge is 1.71. The van der Waals surface area contributed by atoms with Gasteiger partial charge in [-0.15, -0.1) is 0 Å². The van der Waals surface area contributed by atoms with Crippen molar-refractivity contribution in [2.45, 2.75) is 6.92 Å². The van der Waals surface area contributed by atoms with Crippen molar-refractivity contribution in [3.63, 3.8) is 0 Å². The molecule has 3 N–H and O–H groups in total. The van der Waals surface area contributed by atoms with Crippen LogP contribution in [0.1, 0.15) is 6.92 Å². The lowest BCUT2D eigenvalue weighted by molar-refractivity contribution is -0.361. The fraction of sp³-hybridized carbons (Fsp3) is 0.800. The van der Waals surface area contributed by atoms with Gasteiger partial charge in [0.05, 0.1) is 6.54 Å². The molecule has 0 radical (unpaired) electrons. The van der Waals surface area contributed by atoms with Crippen LogP contribution in [0, 0.1) is 0 Å². The van der Waals surface area contributed by atoms with Crippen molar-refractivity contribution in [3.8, 4) is 0 Å². The van der Waals surface area contributed by atoms with Crippen LogP contribution in [0.5, 0.6) is 0 Å². The average molecular weight is 166 g/mol. The molecule has 0 saturated carbocycles. The van der Waals surface area contributed by atoms with Gasteiger partial charge < -0.3 is 35.5 Å². The van der Waals surface area contributed by atoms with Gasteiger partial charge in [0.2, 0.25) is 0 Å². The Balaban J connectivity index is 0. The maximum absolute atomic E-state index is 4.56. The fourth-order valence-corrected chi connectivity index (χ4v) is 0. The first-order valence-electron chi connectivity index (χ1n) is 2.73. The van der Waals surface area contributed by atoms with Crippen LogP contribution in [0.25, 0.3) is 0 Å². The van der Waals surface area contributed by atoms with E-state index in [4.69, 9.17) is 0 Å². The van der Waals surface area contributed by atoms with Crippen LogP contribution in [0.2, 0.25) is 0 Å². The van der Waals surface area contributed by atoms with E-state index >= 15 is 0 Å². The molecule has 0 amide bonds. The highest BCUT2D eigenvalue weighted by molar-refractivity contribution is 8.00. The predicted octanol–water partition coefficient (Wildman–Crippen LogP) is -0.372. The average Bonchev–Trinajstić information content (AvgIpc) is 1.68. The van der Waals surface area contributed by atoms with E-state index in [1.54, 1.807) is 4.90 Å². The zero-order valence-corrected chi connectivity index (χ0v) is 7.81. The molecular formula is C5H14N2S2. The molecule has 0 aromatic carbocycles. The van der Waals surface area contributed by atoms with E-state index < -0.39 is 0 Å². The lowest BCUT2D eigenvalue weighted by atomic mass is 10.8. The molecule has 0 aliphatic carbocycles. The molecule has 4 heteroatoms.